The molecule has 1 amide bonds. The van der Waals surface area contributed by atoms with Crippen molar-refractivity contribution in [3.05, 3.63) is 76.1 Å². The summed E-state index contributed by atoms with van der Waals surface area (Å²) in [6.45, 7) is 3.12. The molecule has 0 bridgehead atoms. The second-order valence-electron chi connectivity index (χ2n) is 6.69. The first-order valence-electron chi connectivity index (χ1n) is 9.06. The molecule has 0 atom stereocenters. The Kier molecular flexibility index (Phi) is 5.45. The molecule has 1 aromatic heterocycles. The molecule has 3 aromatic rings. The van der Waals surface area contributed by atoms with Crippen LogP contribution in [-0.4, -0.2) is 46.9 Å². The fourth-order valence-corrected chi connectivity index (χ4v) is 4.10. The maximum absolute atomic E-state index is 13.9. The van der Waals surface area contributed by atoms with Crippen molar-refractivity contribution in [2.45, 2.75) is 6.54 Å². The topological polar surface area (TPSA) is 36.4 Å². The normalized spacial score (nSPS) is 15.0. The summed E-state index contributed by atoms with van der Waals surface area (Å²) < 4.78 is 26.9. The minimum absolute atomic E-state index is 0.0812. The standard InChI is InChI=1S/C21H19F2N3OS/c22-16-6-7-17(18(23)12-16)21(27)26-10-8-25(9-11-26)13-20-24-19(14-28-20)15-4-2-1-3-5-15/h1-7,12,14H,8-11,13H2. The SMILES string of the molecule is O=C(c1ccc(F)cc1F)N1CCN(Cc2nc(-c3ccccc3)cs2)CC1. The summed E-state index contributed by atoms with van der Waals surface area (Å²) >= 11 is 1.63. The fourth-order valence-electron chi connectivity index (χ4n) is 3.26. The minimum atomic E-state index is -0.816. The van der Waals surface area contributed by atoms with Crippen molar-refractivity contribution in [3.63, 3.8) is 0 Å². The first kappa shape index (κ1) is 18.7. The van der Waals surface area contributed by atoms with Crippen molar-refractivity contribution < 1.29 is 13.6 Å². The zero-order valence-corrected chi connectivity index (χ0v) is 16.0. The molecule has 1 aliphatic rings. The molecule has 0 unspecified atom stereocenters. The highest BCUT2D eigenvalue weighted by Crippen LogP contribution is 2.23. The number of aromatic nitrogens is 1. The van der Waals surface area contributed by atoms with Crippen molar-refractivity contribution >= 4 is 17.2 Å². The highest BCUT2D eigenvalue weighted by molar-refractivity contribution is 7.09. The van der Waals surface area contributed by atoms with Gasteiger partial charge in [-0.25, -0.2) is 13.8 Å². The summed E-state index contributed by atoms with van der Waals surface area (Å²) in [5.41, 5.74) is 1.99. The number of hydrogen-bond donors (Lipinski definition) is 0. The number of piperazine rings is 1. The lowest BCUT2D eigenvalue weighted by Gasteiger charge is -2.34. The van der Waals surface area contributed by atoms with Crippen molar-refractivity contribution in [2.75, 3.05) is 26.2 Å². The Balaban J connectivity index is 1.34. The Hall–Kier alpha value is -2.64. The molecule has 4 rings (SSSR count). The van der Waals surface area contributed by atoms with E-state index in [2.05, 4.69) is 10.3 Å². The maximum Gasteiger partial charge on any atom is 0.256 e. The number of nitrogens with zero attached hydrogens (tertiary/aromatic N) is 3. The molecule has 0 radical (unpaired) electrons. The molecular formula is C21H19F2N3OS. The van der Waals surface area contributed by atoms with Crippen LogP contribution in [0.4, 0.5) is 8.78 Å². The number of carbonyl (C=O) groups excluding carboxylic acids is 1. The van der Waals surface area contributed by atoms with Gasteiger partial charge in [-0.05, 0) is 12.1 Å². The molecule has 0 saturated carbocycles. The highest BCUT2D eigenvalue weighted by Gasteiger charge is 2.24. The average molecular weight is 399 g/mol. The van der Waals surface area contributed by atoms with E-state index in [-0.39, 0.29) is 5.56 Å². The maximum atomic E-state index is 13.9. The molecule has 144 valence electrons. The van der Waals surface area contributed by atoms with Crippen LogP contribution in [0.1, 0.15) is 15.4 Å². The summed E-state index contributed by atoms with van der Waals surface area (Å²) in [6, 6.07) is 13.1. The Morgan fingerprint density at radius 3 is 2.50 bits per heavy atom. The highest BCUT2D eigenvalue weighted by atomic mass is 32.1. The van der Waals surface area contributed by atoms with Crippen LogP contribution in [0.15, 0.2) is 53.9 Å². The van der Waals surface area contributed by atoms with Gasteiger partial charge in [-0.2, -0.15) is 0 Å². The number of rotatable bonds is 4. The molecule has 2 heterocycles. The Morgan fingerprint density at radius 2 is 1.79 bits per heavy atom. The molecule has 7 heteroatoms. The predicted molar refractivity (Wildman–Crippen MR) is 105 cm³/mol. The zero-order valence-electron chi connectivity index (χ0n) is 15.1. The first-order chi connectivity index (χ1) is 13.6. The summed E-state index contributed by atoms with van der Waals surface area (Å²) in [6.07, 6.45) is 0. The van der Waals surface area contributed by atoms with Gasteiger partial charge in [0.05, 0.1) is 17.8 Å². The van der Waals surface area contributed by atoms with Crippen LogP contribution in [0.25, 0.3) is 11.3 Å². The minimum Gasteiger partial charge on any atom is -0.336 e. The van der Waals surface area contributed by atoms with Gasteiger partial charge in [-0.15, -0.1) is 11.3 Å². The molecule has 0 N–H and O–H groups in total. The molecule has 28 heavy (non-hydrogen) atoms. The van der Waals surface area contributed by atoms with Crippen molar-refractivity contribution in [1.82, 2.24) is 14.8 Å². The van der Waals surface area contributed by atoms with Crippen molar-refractivity contribution in [1.29, 1.82) is 0 Å². The molecule has 2 aromatic carbocycles. The Bertz CT molecular complexity index is 969. The van der Waals surface area contributed by atoms with Gasteiger partial charge < -0.3 is 4.90 Å². The average Bonchev–Trinajstić information content (AvgIpc) is 3.17. The van der Waals surface area contributed by atoms with Gasteiger partial charge in [-0.1, -0.05) is 30.3 Å². The lowest BCUT2D eigenvalue weighted by Crippen LogP contribution is -2.48. The summed E-state index contributed by atoms with van der Waals surface area (Å²) in [5, 5.41) is 3.09. The van der Waals surface area contributed by atoms with Crippen LogP contribution in [-0.2, 0) is 6.54 Å². The number of halogens is 2. The van der Waals surface area contributed by atoms with Crippen LogP contribution in [0.5, 0.6) is 0 Å². The fraction of sp³-hybridized carbons (Fsp3) is 0.238. The molecule has 1 fully saturated rings. The largest absolute Gasteiger partial charge is 0.336 e. The molecule has 4 nitrogen and oxygen atoms in total. The molecule has 0 aliphatic carbocycles. The van der Waals surface area contributed by atoms with E-state index in [0.717, 1.165) is 34.9 Å². The van der Waals surface area contributed by atoms with E-state index >= 15 is 0 Å². The summed E-state index contributed by atoms with van der Waals surface area (Å²) in [5.74, 6) is -1.89. The van der Waals surface area contributed by atoms with Gasteiger partial charge >= 0.3 is 0 Å². The Morgan fingerprint density at radius 1 is 1.04 bits per heavy atom. The molecule has 1 aliphatic heterocycles. The number of thiazole rings is 1. The van der Waals surface area contributed by atoms with Crippen LogP contribution in [0.3, 0.4) is 0 Å². The van der Waals surface area contributed by atoms with E-state index in [4.69, 9.17) is 4.98 Å². The monoisotopic (exact) mass is 399 g/mol. The van der Waals surface area contributed by atoms with Crippen LogP contribution in [0, 0.1) is 11.6 Å². The van der Waals surface area contributed by atoms with Gasteiger partial charge in [0.1, 0.15) is 16.6 Å². The third-order valence-electron chi connectivity index (χ3n) is 4.80. The predicted octanol–water partition coefficient (Wildman–Crippen LogP) is 4.05. The van der Waals surface area contributed by atoms with E-state index in [1.165, 1.54) is 6.07 Å². The lowest BCUT2D eigenvalue weighted by molar-refractivity contribution is 0.0624. The van der Waals surface area contributed by atoms with Crippen LogP contribution < -0.4 is 0 Å². The summed E-state index contributed by atoms with van der Waals surface area (Å²) in [4.78, 5) is 21.0. The van der Waals surface area contributed by atoms with Gasteiger partial charge in [0.25, 0.3) is 5.91 Å². The number of carbonyl (C=O) groups is 1. The van der Waals surface area contributed by atoms with Crippen molar-refractivity contribution in [3.8, 4) is 11.3 Å². The lowest BCUT2D eigenvalue weighted by atomic mass is 10.1. The van der Waals surface area contributed by atoms with E-state index in [1.807, 2.05) is 30.3 Å². The van der Waals surface area contributed by atoms with Gasteiger partial charge in [0.2, 0.25) is 0 Å². The van der Waals surface area contributed by atoms with Gasteiger partial charge in [0.15, 0.2) is 0 Å². The van der Waals surface area contributed by atoms with Gasteiger partial charge in [0, 0.05) is 43.2 Å². The zero-order chi connectivity index (χ0) is 19.5. The van der Waals surface area contributed by atoms with Gasteiger partial charge in [-0.3, -0.25) is 9.69 Å². The molecular weight excluding hydrogens is 380 g/mol. The molecule has 1 saturated heterocycles. The van der Waals surface area contributed by atoms with E-state index < -0.39 is 17.5 Å². The number of hydrogen-bond acceptors (Lipinski definition) is 4. The van der Waals surface area contributed by atoms with Crippen LogP contribution >= 0.6 is 11.3 Å². The third kappa shape index (κ3) is 4.10. The van der Waals surface area contributed by atoms with E-state index in [1.54, 1.807) is 16.2 Å². The molecule has 0 spiro atoms. The van der Waals surface area contributed by atoms with E-state index in [0.29, 0.717) is 26.2 Å². The second-order valence-corrected chi connectivity index (χ2v) is 7.63. The quantitative estimate of drug-likeness (QED) is 0.664. The van der Waals surface area contributed by atoms with Crippen molar-refractivity contribution in [2.24, 2.45) is 0 Å². The number of benzene rings is 2. The smallest absolute Gasteiger partial charge is 0.256 e. The third-order valence-corrected chi connectivity index (χ3v) is 5.63. The second kappa shape index (κ2) is 8.16. The summed E-state index contributed by atoms with van der Waals surface area (Å²) in [7, 11) is 0. The Labute approximate surface area is 166 Å². The first-order valence-corrected chi connectivity index (χ1v) is 9.94. The number of amides is 1. The van der Waals surface area contributed by atoms with E-state index in [9.17, 15) is 13.6 Å². The van der Waals surface area contributed by atoms with Crippen LogP contribution in [0.2, 0.25) is 0 Å².